The Morgan fingerprint density at radius 1 is 0.202 bits per heavy atom. The highest BCUT2D eigenvalue weighted by Gasteiger charge is 2.28. The Balaban J connectivity index is 1.21. The molecular formula is C82H92N2. The van der Waals surface area contributed by atoms with Gasteiger partial charge in [-0.1, -0.05) is 242 Å². The van der Waals surface area contributed by atoms with Crippen LogP contribution >= 0.6 is 0 Å². The quantitative estimate of drug-likeness (QED) is 0.157. The van der Waals surface area contributed by atoms with Crippen LogP contribution in [0.3, 0.4) is 0 Å². The second-order valence-electron chi connectivity index (χ2n) is 31.8. The maximum Gasteiger partial charge on any atom is 0.0541 e. The van der Waals surface area contributed by atoms with Crippen LogP contribution in [-0.2, 0) is 37.9 Å². The predicted octanol–water partition coefficient (Wildman–Crippen LogP) is 23.6. The zero-order chi connectivity index (χ0) is 60.6. The molecule has 0 unspecified atom stereocenters. The second-order valence-corrected chi connectivity index (χ2v) is 31.8. The van der Waals surface area contributed by atoms with Crippen LogP contribution in [0.5, 0.6) is 0 Å². The molecule has 430 valence electrons. The van der Waals surface area contributed by atoms with Crippen molar-refractivity contribution in [2.24, 2.45) is 0 Å². The molecule has 0 atom stereocenters. The molecule has 0 saturated carbocycles. The molecule has 2 heterocycles. The average Bonchev–Trinajstić information content (AvgIpc) is 4.04. The molecule has 0 saturated heterocycles. The van der Waals surface area contributed by atoms with Crippen LogP contribution in [0, 0.1) is 0 Å². The van der Waals surface area contributed by atoms with E-state index in [1.54, 1.807) is 0 Å². The summed E-state index contributed by atoms with van der Waals surface area (Å²) in [5.41, 5.74) is 26.1. The van der Waals surface area contributed by atoms with Gasteiger partial charge in [0.1, 0.15) is 0 Å². The van der Waals surface area contributed by atoms with Crippen LogP contribution in [0.4, 0.5) is 0 Å². The molecular weight excluding hydrogens is 1010 g/mol. The fourth-order valence-electron chi connectivity index (χ4n) is 12.4. The Morgan fingerprint density at radius 2 is 0.500 bits per heavy atom. The molecule has 0 amide bonds. The molecule has 0 bridgehead atoms. The maximum absolute atomic E-state index is 2.56. The van der Waals surface area contributed by atoms with Crippen molar-refractivity contribution in [2.75, 3.05) is 0 Å². The minimum absolute atomic E-state index is 0.0208. The SMILES string of the molecule is CC(C)(C)c1ccc(-n2c3ccccc3c3cc(-c4cc(-c5cc(C(C)(C)C)cc(C(C)(C)C)c5)c(-c5ccc(-n6c7ccc(C(C)(C)C)cc7c7cc(C(C)(C)C)ccc76)cc5)cc4-c4cc(C(C)(C)C)cc(C(C)(C)C)c4)ccc32)cc1. The van der Waals surface area contributed by atoms with Gasteiger partial charge >= 0.3 is 0 Å². The van der Waals surface area contributed by atoms with E-state index in [0.717, 1.165) is 5.69 Å². The molecule has 0 radical (unpaired) electrons. The van der Waals surface area contributed by atoms with E-state index in [2.05, 4.69) is 330 Å². The topological polar surface area (TPSA) is 9.86 Å². The summed E-state index contributed by atoms with van der Waals surface area (Å²) in [6.45, 7) is 49.1. The van der Waals surface area contributed by atoms with E-state index >= 15 is 0 Å². The first-order valence-corrected chi connectivity index (χ1v) is 30.9. The van der Waals surface area contributed by atoms with E-state index in [9.17, 15) is 0 Å². The minimum Gasteiger partial charge on any atom is -0.309 e. The largest absolute Gasteiger partial charge is 0.309 e. The molecule has 2 nitrogen and oxygen atoms in total. The van der Waals surface area contributed by atoms with Gasteiger partial charge in [-0.3, -0.25) is 0 Å². The number of hydrogen-bond donors (Lipinski definition) is 0. The van der Waals surface area contributed by atoms with Gasteiger partial charge in [-0.2, -0.15) is 0 Å². The van der Waals surface area contributed by atoms with E-state index < -0.39 is 0 Å². The standard InChI is InChI=1S/C82H92N2/c1-76(2,3)55-29-35-63(36-30-55)83-72-25-23-22-24-64(72)69-44-52(28-37-73(69)83)66-50-67(53-40-58(79(10,11)12)45-59(41-53)80(13,14)15)65(49-68(66)54-42-60(81(16,17)18)46-61(43-54)82(19,20)21)51-26-33-62(34-27-51)84-74-38-31-56(77(4,5)6)47-70(74)71-48-57(78(7,8)9)32-39-75(71)84/h22-50H,1-21H3. The zero-order valence-electron chi connectivity index (χ0n) is 54.6. The number of hydrogen-bond acceptors (Lipinski definition) is 0. The van der Waals surface area contributed by atoms with E-state index in [1.165, 1.54) is 133 Å². The van der Waals surface area contributed by atoms with Crippen molar-refractivity contribution in [1.29, 1.82) is 0 Å². The van der Waals surface area contributed by atoms with Crippen molar-refractivity contribution in [1.82, 2.24) is 9.13 Å². The summed E-state index contributed by atoms with van der Waals surface area (Å²) in [6.07, 6.45) is 0. The number of rotatable bonds is 6. The van der Waals surface area contributed by atoms with E-state index in [-0.39, 0.29) is 37.9 Å². The Kier molecular flexibility index (Phi) is 14.0. The van der Waals surface area contributed by atoms with Gasteiger partial charge in [0.2, 0.25) is 0 Å². The van der Waals surface area contributed by atoms with Crippen LogP contribution in [0.1, 0.15) is 184 Å². The molecule has 0 N–H and O–H groups in total. The minimum atomic E-state index is -0.0766. The summed E-state index contributed by atoms with van der Waals surface area (Å²) in [5.74, 6) is 0. The first-order valence-electron chi connectivity index (χ1n) is 30.9. The molecule has 0 spiro atoms. The number of para-hydroxylation sites is 1. The zero-order valence-corrected chi connectivity index (χ0v) is 54.6. The van der Waals surface area contributed by atoms with Gasteiger partial charge in [-0.05, 0) is 200 Å². The molecule has 11 rings (SSSR count). The summed E-state index contributed by atoms with van der Waals surface area (Å²) in [7, 11) is 0. The third kappa shape index (κ3) is 10.9. The Bertz CT molecular complexity index is 4210. The summed E-state index contributed by atoms with van der Waals surface area (Å²) >= 11 is 0. The Morgan fingerprint density at radius 3 is 0.893 bits per heavy atom. The monoisotopic (exact) mass is 1100 g/mol. The van der Waals surface area contributed by atoms with Crippen molar-refractivity contribution in [2.45, 2.75) is 183 Å². The van der Waals surface area contributed by atoms with Gasteiger partial charge in [0.25, 0.3) is 0 Å². The summed E-state index contributed by atoms with van der Waals surface area (Å²) < 4.78 is 4.95. The van der Waals surface area contributed by atoms with Gasteiger partial charge in [-0.15, -0.1) is 0 Å². The smallest absolute Gasteiger partial charge is 0.0541 e. The Hall–Kier alpha value is -7.42. The number of benzene rings is 9. The third-order valence-corrected chi connectivity index (χ3v) is 18.0. The van der Waals surface area contributed by atoms with Gasteiger partial charge in [-0.25, -0.2) is 0 Å². The van der Waals surface area contributed by atoms with E-state index in [0.29, 0.717) is 0 Å². The third-order valence-electron chi connectivity index (χ3n) is 18.0. The summed E-state index contributed by atoms with van der Waals surface area (Å²) in [4.78, 5) is 0. The molecule has 9 aromatic carbocycles. The van der Waals surface area contributed by atoms with E-state index in [4.69, 9.17) is 0 Å². The molecule has 0 fully saturated rings. The number of fused-ring (bicyclic) bond motifs is 6. The Labute approximate surface area is 504 Å². The van der Waals surface area contributed by atoms with Crippen molar-refractivity contribution in [3.8, 4) is 55.9 Å². The van der Waals surface area contributed by atoms with Crippen LogP contribution in [0.15, 0.2) is 176 Å². The number of nitrogens with zero attached hydrogens (tertiary/aromatic N) is 2. The highest BCUT2D eigenvalue weighted by molar-refractivity contribution is 6.12. The molecule has 0 aliphatic rings. The van der Waals surface area contributed by atoms with Crippen molar-refractivity contribution in [3.05, 3.63) is 215 Å². The second kappa shape index (κ2) is 20.1. The highest BCUT2D eigenvalue weighted by Crippen LogP contribution is 2.48. The molecule has 84 heavy (non-hydrogen) atoms. The number of aromatic nitrogens is 2. The van der Waals surface area contributed by atoms with Crippen LogP contribution < -0.4 is 0 Å². The lowest BCUT2D eigenvalue weighted by atomic mass is 9.76. The molecule has 11 aromatic rings. The fourth-order valence-corrected chi connectivity index (χ4v) is 12.4. The van der Waals surface area contributed by atoms with Gasteiger partial charge in [0, 0.05) is 32.9 Å². The molecule has 0 aliphatic carbocycles. The van der Waals surface area contributed by atoms with Crippen molar-refractivity contribution >= 4 is 43.6 Å². The lowest BCUT2D eigenvalue weighted by Crippen LogP contribution is -2.16. The van der Waals surface area contributed by atoms with Gasteiger partial charge < -0.3 is 9.13 Å². The predicted molar refractivity (Wildman–Crippen MR) is 368 cm³/mol. The average molecular weight is 1110 g/mol. The molecule has 2 heteroatoms. The fraction of sp³-hybridized carbons (Fsp3) is 0.341. The van der Waals surface area contributed by atoms with E-state index in [1.807, 2.05) is 0 Å². The van der Waals surface area contributed by atoms with Crippen LogP contribution in [0.2, 0.25) is 0 Å². The maximum atomic E-state index is 2.56. The first kappa shape index (κ1) is 58.4. The lowest BCUT2D eigenvalue weighted by Gasteiger charge is -2.28. The van der Waals surface area contributed by atoms with Crippen LogP contribution in [-0.4, -0.2) is 9.13 Å². The van der Waals surface area contributed by atoms with Gasteiger partial charge in [0.05, 0.1) is 22.1 Å². The first-order chi connectivity index (χ1) is 39.0. The summed E-state index contributed by atoms with van der Waals surface area (Å²) in [5, 5.41) is 5.09. The normalized spacial score (nSPS) is 13.3. The lowest BCUT2D eigenvalue weighted by molar-refractivity contribution is 0.568. The molecule has 0 aliphatic heterocycles. The van der Waals surface area contributed by atoms with Crippen LogP contribution in [0.25, 0.3) is 99.5 Å². The summed E-state index contributed by atoms with van der Waals surface area (Å²) in [6, 6.07) is 69.2. The highest BCUT2D eigenvalue weighted by atomic mass is 15.0. The van der Waals surface area contributed by atoms with Crippen molar-refractivity contribution in [3.63, 3.8) is 0 Å². The van der Waals surface area contributed by atoms with Gasteiger partial charge in [0.15, 0.2) is 0 Å². The molecule has 2 aromatic heterocycles. The van der Waals surface area contributed by atoms with Crippen molar-refractivity contribution < 1.29 is 0 Å².